The molecule has 11 heteroatoms. The molecule has 2 fully saturated rings. The normalized spacial score (nSPS) is 19.8. The Kier molecular flexibility index (Phi) is 6.73. The van der Waals surface area contributed by atoms with E-state index in [0.717, 1.165) is 31.5 Å². The number of nitrogens with zero attached hydrogens (tertiary/aromatic N) is 3. The van der Waals surface area contributed by atoms with Gasteiger partial charge in [-0.3, -0.25) is 0 Å². The van der Waals surface area contributed by atoms with Crippen LogP contribution in [-0.4, -0.2) is 68.6 Å². The van der Waals surface area contributed by atoms with Crippen molar-refractivity contribution in [1.29, 1.82) is 0 Å². The number of nitrogens with one attached hydrogen (secondary N) is 3. The largest absolute Gasteiger partial charge is 0.421 e. The molecular weight excluding hydrogens is 413 g/mol. The summed E-state index contributed by atoms with van der Waals surface area (Å²) in [5.41, 5.74) is 0.831. The predicted octanol–water partition coefficient (Wildman–Crippen LogP) is 2.48. The van der Waals surface area contributed by atoms with Gasteiger partial charge in [-0.25, -0.2) is 4.98 Å². The van der Waals surface area contributed by atoms with Crippen LogP contribution < -0.4 is 20.9 Å². The zero-order valence-corrected chi connectivity index (χ0v) is 16.9. The van der Waals surface area contributed by atoms with Gasteiger partial charge in [0.05, 0.1) is 25.9 Å². The number of rotatable bonds is 6. The van der Waals surface area contributed by atoms with Crippen molar-refractivity contribution < 1.29 is 22.6 Å². The third kappa shape index (κ3) is 5.75. The molecule has 2 aliphatic heterocycles. The number of hydrogen-bond acceptors (Lipinski definition) is 8. The molecule has 0 spiro atoms. The number of alkyl halides is 3. The van der Waals surface area contributed by atoms with Crippen LogP contribution >= 0.6 is 0 Å². The second kappa shape index (κ2) is 9.67. The van der Waals surface area contributed by atoms with Crippen molar-refractivity contribution in [3.8, 4) is 0 Å². The minimum atomic E-state index is -4.56. The van der Waals surface area contributed by atoms with Gasteiger partial charge in [-0.2, -0.15) is 18.2 Å². The van der Waals surface area contributed by atoms with E-state index < -0.39 is 11.7 Å². The van der Waals surface area contributed by atoms with Crippen LogP contribution in [0.25, 0.3) is 0 Å². The highest BCUT2D eigenvalue weighted by molar-refractivity contribution is 5.61. The third-order valence-corrected chi connectivity index (χ3v) is 5.10. The molecule has 31 heavy (non-hydrogen) atoms. The van der Waals surface area contributed by atoms with E-state index >= 15 is 0 Å². The van der Waals surface area contributed by atoms with E-state index in [4.69, 9.17) is 9.47 Å². The van der Waals surface area contributed by atoms with Crippen LogP contribution in [-0.2, 0) is 15.7 Å². The molecule has 0 bridgehead atoms. The van der Waals surface area contributed by atoms with E-state index in [1.807, 2.05) is 24.3 Å². The minimum Gasteiger partial charge on any atom is -0.378 e. The number of aromatic nitrogens is 2. The second-order valence-corrected chi connectivity index (χ2v) is 7.30. The van der Waals surface area contributed by atoms with Crippen molar-refractivity contribution in [3.63, 3.8) is 0 Å². The van der Waals surface area contributed by atoms with Gasteiger partial charge in [-0.15, -0.1) is 0 Å². The van der Waals surface area contributed by atoms with Gasteiger partial charge in [0, 0.05) is 50.3 Å². The van der Waals surface area contributed by atoms with Crippen molar-refractivity contribution in [2.75, 3.05) is 68.1 Å². The molecule has 3 heterocycles. The van der Waals surface area contributed by atoms with E-state index in [2.05, 4.69) is 30.8 Å². The zero-order chi connectivity index (χ0) is 21.7. The van der Waals surface area contributed by atoms with E-state index in [1.165, 1.54) is 0 Å². The fourth-order valence-electron chi connectivity index (χ4n) is 3.45. The summed E-state index contributed by atoms with van der Waals surface area (Å²) in [7, 11) is 0. The van der Waals surface area contributed by atoms with Crippen molar-refractivity contribution in [3.05, 3.63) is 36.0 Å². The van der Waals surface area contributed by atoms with Gasteiger partial charge >= 0.3 is 6.18 Å². The quantitative estimate of drug-likeness (QED) is 0.635. The maximum Gasteiger partial charge on any atom is 0.421 e. The molecular formula is C20H25F3N6O2. The van der Waals surface area contributed by atoms with Crippen molar-refractivity contribution >= 4 is 23.1 Å². The summed E-state index contributed by atoms with van der Waals surface area (Å²) in [5.74, 6) is -0.193. The molecule has 2 aliphatic rings. The Labute approximate surface area is 178 Å². The molecule has 8 nitrogen and oxygen atoms in total. The first kappa shape index (κ1) is 21.6. The molecule has 0 saturated carbocycles. The highest BCUT2D eigenvalue weighted by atomic mass is 19.4. The first-order valence-electron chi connectivity index (χ1n) is 10.2. The van der Waals surface area contributed by atoms with Crippen LogP contribution in [0, 0.1) is 0 Å². The Hall–Kier alpha value is -2.63. The first-order chi connectivity index (χ1) is 15.0. The molecule has 2 aromatic rings. The average molecular weight is 438 g/mol. The number of ether oxygens (including phenoxy) is 2. The summed E-state index contributed by atoms with van der Waals surface area (Å²) >= 11 is 0. The molecule has 168 valence electrons. The molecule has 0 radical (unpaired) electrons. The zero-order valence-electron chi connectivity index (χ0n) is 16.9. The lowest BCUT2D eigenvalue weighted by atomic mass is 10.2. The summed E-state index contributed by atoms with van der Waals surface area (Å²) in [6.45, 7) is 5.06. The number of hydrogen-bond donors (Lipinski definition) is 3. The molecule has 2 saturated heterocycles. The topological polar surface area (TPSA) is 83.6 Å². The number of benzene rings is 1. The predicted molar refractivity (Wildman–Crippen MR) is 111 cm³/mol. The smallest absolute Gasteiger partial charge is 0.378 e. The van der Waals surface area contributed by atoms with Crippen LogP contribution in [0.1, 0.15) is 5.56 Å². The van der Waals surface area contributed by atoms with Gasteiger partial charge < -0.3 is 30.3 Å². The second-order valence-electron chi connectivity index (χ2n) is 7.30. The minimum absolute atomic E-state index is 0.0808. The Morgan fingerprint density at radius 2 is 1.90 bits per heavy atom. The van der Waals surface area contributed by atoms with Gasteiger partial charge in [0.1, 0.15) is 11.4 Å². The lowest BCUT2D eigenvalue weighted by molar-refractivity contribution is -0.137. The van der Waals surface area contributed by atoms with Crippen LogP contribution in [0.4, 0.5) is 36.3 Å². The van der Waals surface area contributed by atoms with Gasteiger partial charge in [-0.1, -0.05) is 0 Å². The Balaban J connectivity index is 1.46. The lowest BCUT2D eigenvalue weighted by Gasteiger charge is -2.28. The highest BCUT2D eigenvalue weighted by Gasteiger charge is 2.35. The molecule has 1 aromatic carbocycles. The van der Waals surface area contributed by atoms with Crippen molar-refractivity contribution in [2.45, 2.75) is 12.3 Å². The van der Waals surface area contributed by atoms with Gasteiger partial charge in [0.2, 0.25) is 5.95 Å². The molecule has 0 amide bonds. The van der Waals surface area contributed by atoms with E-state index in [0.29, 0.717) is 32.1 Å². The van der Waals surface area contributed by atoms with Crippen molar-refractivity contribution in [1.82, 2.24) is 15.3 Å². The van der Waals surface area contributed by atoms with Crippen LogP contribution in [0.3, 0.4) is 0 Å². The number of anilines is 4. The Morgan fingerprint density at radius 1 is 1.13 bits per heavy atom. The maximum atomic E-state index is 13.4. The SMILES string of the molecule is FC(F)(F)c1cnc(Nc2ccc(N3CCOCC3)cc2)nc1NCC1CNCCO1. The van der Waals surface area contributed by atoms with E-state index in [9.17, 15) is 13.2 Å². The van der Waals surface area contributed by atoms with Gasteiger partial charge in [0.15, 0.2) is 0 Å². The summed E-state index contributed by atoms with van der Waals surface area (Å²) in [4.78, 5) is 10.1. The fourth-order valence-corrected chi connectivity index (χ4v) is 3.45. The molecule has 0 aliphatic carbocycles. The van der Waals surface area contributed by atoms with Gasteiger partial charge in [0.25, 0.3) is 0 Å². The maximum absolute atomic E-state index is 13.4. The molecule has 1 atom stereocenters. The first-order valence-corrected chi connectivity index (χ1v) is 10.2. The highest BCUT2D eigenvalue weighted by Crippen LogP contribution is 2.34. The molecule has 4 rings (SSSR count). The summed E-state index contributed by atoms with van der Waals surface area (Å²) in [6, 6.07) is 7.59. The Morgan fingerprint density at radius 3 is 2.58 bits per heavy atom. The van der Waals surface area contributed by atoms with Crippen LogP contribution in [0.5, 0.6) is 0 Å². The molecule has 1 unspecified atom stereocenters. The lowest BCUT2D eigenvalue weighted by Crippen LogP contribution is -2.42. The summed E-state index contributed by atoms with van der Waals surface area (Å²) in [6.07, 6.45) is -4.00. The van der Waals surface area contributed by atoms with E-state index in [-0.39, 0.29) is 24.4 Å². The van der Waals surface area contributed by atoms with E-state index in [1.54, 1.807) is 0 Å². The fraction of sp³-hybridized carbons (Fsp3) is 0.500. The standard InChI is InChI=1S/C20H25F3N6O2/c21-20(22,23)17-13-26-19(28-18(17)25-12-16-11-24-5-8-31-16)27-14-1-3-15(4-2-14)29-6-9-30-10-7-29/h1-4,13,16,24H,5-12H2,(H2,25,26,27,28). The number of halogens is 3. The van der Waals surface area contributed by atoms with Gasteiger partial charge in [-0.05, 0) is 24.3 Å². The van der Waals surface area contributed by atoms with Crippen LogP contribution in [0.2, 0.25) is 0 Å². The summed E-state index contributed by atoms with van der Waals surface area (Å²) < 4.78 is 51.1. The molecule has 1 aromatic heterocycles. The average Bonchev–Trinajstić information content (AvgIpc) is 2.79. The Bertz CT molecular complexity index is 853. The number of morpholine rings is 2. The monoisotopic (exact) mass is 438 g/mol. The van der Waals surface area contributed by atoms with Crippen molar-refractivity contribution in [2.24, 2.45) is 0 Å². The summed E-state index contributed by atoms with van der Waals surface area (Å²) in [5, 5.41) is 8.89. The van der Waals surface area contributed by atoms with Crippen LogP contribution in [0.15, 0.2) is 30.5 Å². The molecule has 3 N–H and O–H groups in total. The third-order valence-electron chi connectivity index (χ3n) is 5.10.